The molecule has 4 aliphatic rings. The van der Waals surface area contributed by atoms with Crippen molar-refractivity contribution in [1.82, 2.24) is 9.80 Å². The summed E-state index contributed by atoms with van der Waals surface area (Å²) in [6.07, 6.45) is 10.6. The summed E-state index contributed by atoms with van der Waals surface area (Å²) in [5, 5.41) is 0. The largest absolute Gasteiger partial charge is 0.493 e. The first-order valence-corrected chi connectivity index (χ1v) is 14.6. The van der Waals surface area contributed by atoms with Crippen LogP contribution in [0.5, 0.6) is 5.75 Å². The van der Waals surface area contributed by atoms with E-state index in [0.29, 0.717) is 6.04 Å². The number of ether oxygens (including phenoxy) is 2. The van der Waals surface area contributed by atoms with Crippen LogP contribution in [0.25, 0.3) is 0 Å². The lowest BCUT2D eigenvalue weighted by Gasteiger charge is -2.34. The van der Waals surface area contributed by atoms with Crippen LogP contribution < -0.4 is 4.74 Å². The molecule has 6 rings (SSSR count). The first kappa shape index (κ1) is 24.9. The predicted molar refractivity (Wildman–Crippen MR) is 146 cm³/mol. The fraction of sp³-hybridized carbons (Fsp3) is 0.594. The molecule has 0 N–H and O–H groups in total. The number of likely N-dealkylation sites (tertiary alicyclic amines) is 1. The summed E-state index contributed by atoms with van der Waals surface area (Å²) in [5.74, 6) is 2.48. The zero-order valence-electron chi connectivity index (χ0n) is 22.4. The van der Waals surface area contributed by atoms with E-state index in [4.69, 9.17) is 9.47 Å². The number of rotatable bonds is 8. The Bertz CT molecular complexity index is 1070. The van der Waals surface area contributed by atoms with Gasteiger partial charge in [0.2, 0.25) is 0 Å². The van der Waals surface area contributed by atoms with Crippen molar-refractivity contribution in [2.45, 2.75) is 69.9 Å². The molecule has 2 aliphatic carbocycles. The third-order valence-corrected chi connectivity index (χ3v) is 9.17. The molecule has 5 nitrogen and oxygen atoms in total. The highest BCUT2D eigenvalue weighted by molar-refractivity contribution is 5.94. The van der Waals surface area contributed by atoms with E-state index in [1.54, 1.807) is 0 Å². The topological polar surface area (TPSA) is 42.0 Å². The zero-order chi connectivity index (χ0) is 25.2. The SMILES string of the molecule is CN(C(=O)c1ccc(OCC2CC2)cc1)C1CCc2cc(C3CCCN3CC3CCOCC3)ccc2C1. The Balaban J connectivity index is 1.07. The van der Waals surface area contributed by atoms with E-state index in [9.17, 15) is 4.79 Å². The van der Waals surface area contributed by atoms with Crippen molar-refractivity contribution >= 4 is 5.91 Å². The van der Waals surface area contributed by atoms with Crippen LogP contribution >= 0.6 is 0 Å². The van der Waals surface area contributed by atoms with Crippen molar-refractivity contribution < 1.29 is 14.3 Å². The summed E-state index contributed by atoms with van der Waals surface area (Å²) in [6.45, 7) is 5.10. The third kappa shape index (κ3) is 5.88. The van der Waals surface area contributed by atoms with Crippen LogP contribution in [0.15, 0.2) is 42.5 Å². The molecule has 0 aromatic heterocycles. The highest BCUT2D eigenvalue weighted by atomic mass is 16.5. The summed E-state index contributed by atoms with van der Waals surface area (Å²) >= 11 is 0. The van der Waals surface area contributed by atoms with Gasteiger partial charge in [-0.2, -0.15) is 0 Å². The summed E-state index contributed by atoms with van der Waals surface area (Å²) in [6, 6.07) is 15.7. The minimum Gasteiger partial charge on any atom is -0.493 e. The number of carbonyl (C=O) groups excluding carboxylic acids is 1. The van der Waals surface area contributed by atoms with E-state index in [1.807, 2.05) is 36.2 Å². The fourth-order valence-corrected chi connectivity index (χ4v) is 6.54. The average molecular weight is 503 g/mol. The second kappa shape index (κ2) is 11.2. The maximum atomic E-state index is 13.2. The normalized spacial score (nSPS) is 24.6. The first-order chi connectivity index (χ1) is 18.1. The molecule has 2 aromatic carbocycles. The van der Waals surface area contributed by atoms with Gasteiger partial charge in [0.05, 0.1) is 6.61 Å². The van der Waals surface area contributed by atoms with Gasteiger partial charge >= 0.3 is 0 Å². The van der Waals surface area contributed by atoms with Crippen LogP contribution in [0.1, 0.15) is 78.0 Å². The maximum absolute atomic E-state index is 13.2. The van der Waals surface area contributed by atoms with Crippen molar-refractivity contribution in [2.24, 2.45) is 11.8 Å². The molecule has 0 bridgehead atoms. The Kier molecular flexibility index (Phi) is 7.53. The van der Waals surface area contributed by atoms with E-state index in [2.05, 4.69) is 23.1 Å². The molecule has 2 aliphatic heterocycles. The van der Waals surface area contributed by atoms with Crippen molar-refractivity contribution in [3.8, 4) is 5.75 Å². The van der Waals surface area contributed by atoms with Crippen molar-refractivity contribution in [1.29, 1.82) is 0 Å². The molecule has 1 amide bonds. The van der Waals surface area contributed by atoms with Crippen LogP contribution in [0, 0.1) is 11.8 Å². The molecule has 2 aromatic rings. The molecule has 0 spiro atoms. The summed E-state index contributed by atoms with van der Waals surface area (Å²) in [4.78, 5) is 17.9. The number of hydrogen-bond donors (Lipinski definition) is 0. The number of hydrogen-bond acceptors (Lipinski definition) is 4. The van der Waals surface area contributed by atoms with E-state index in [-0.39, 0.29) is 11.9 Å². The second-order valence-corrected chi connectivity index (χ2v) is 11.8. The maximum Gasteiger partial charge on any atom is 0.253 e. The molecular formula is C32H42N2O3. The van der Waals surface area contributed by atoms with Crippen molar-refractivity contribution in [3.05, 3.63) is 64.7 Å². The Morgan fingerprint density at radius 2 is 1.78 bits per heavy atom. The number of nitrogens with zero attached hydrogens (tertiary/aromatic N) is 2. The van der Waals surface area contributed by atoms with Gasteiger partial charge in [0.25, 0.3) is 5.91 Å². The molecule has 2 heterocycles. The lowest BCUT2D eigenvalue weighted by atomic mass is 9.85. The summed E-state index contributed by atoms with van der Waals surface area (Å²) in [7, 11) is 1.97. The van der Waals surface area contributed by atoms with Crippen LogP contribution in [0.3, 0.4) is 0 Å². The van der Waals surface area contributed by atoms with Gasteiger partial charge in [-0.15, -0.1) is 0 Å². The van der Waals surface area contributed by atoms with Gasteiger partial charge in [0.1, 0.15) is 5.75 Å². The minimum absolute atomic E-state index is 0.105. The number of likely N-dealkylation sites (N-methyl/N-ethyl adjacent to an activating group) is 1. The number of aryl methyl sites for hydroxylation is 1. The quantitative estimate of drug-likeness (QED) is 0.467. The molecule has 2 unspecified atom stereocenters. The Morgan fingerprint density at radius 1 is 0.973 bits per heavy atom. The Morgan fingerprint density at radius 3 is 2.57 bits per heavy atom. The molecular weight excluding hydrogens is 460 g/mol. The lowest BCUT2D eigenvalue weighted by molar-refractivity contribution is 0.0506. The first-order valence-electron chi connectivity index (χ1n) is 14.6. The van der Waals surface area contributed by atoms with Gasteiger partial charge in [0.15, 0.2) is 0 Å². The molecule has 0 radical (unpaired) electrons. The number of benzene rings is 2. The Hall–Kier alpha value is -2.37. The monoisotopic (exact) mass is 502 g/mol. The third-order valence-electron chi connectivity index (χ3n) is 9.17. The molecule has 1 saturated carbocycles. The highest BCUT2D eigenvalue weighted by Crippen LogP contribution is 2.36. The van der Waals surface area contributed by atoms with E-state index < -0.39 is 0 Å². The lowest BCUT2D eigenvalue weighted by Crippen LogP contribution is -2.40. The van der Waals surface area contributed by atoms with Crippen LogP contribution in [-0.4, -0.2) is 61.7 Å². The van der Waals surface area contributed by atoms with Gasteiger partial charge in [-0.25, -0.2) is 0 Å². The molecule has 2 atom stereocenters. The number of carbonyl (C=O) groups is 1. The van der Waals surface area contributed by atoms with Gasteiger partial charge in [-0.3, -0.25) is 9.69 Å². The van der Waals surface area contributed by atoms with Crippen LogP contribution in [0.4, 0.5) is 0 Å². The van der Waals surface area contributed by atoms with Gasteiger partial charge in [-0.1, -0.05) is 18.2 Å². The van der Waals surface area contributed by atoms with E-state index >= 15 is 0 Å². The number of amides is 1. The highest BCUT2D eigenvalue weighted by Gasteiger charge is 2.31. The minimum atomic E-state index is 0.105. The van der Waals surface area contributed by atoms with Crippen LogP contribution in [0.2, 0.25) is 0 Å². The molecule has 37 heavy (non-hydrogen) atoms. The summed E-state index contributed by atoms with van der Waals surface area (Å²) in [5.41, 5.74) is 5.14. The molecule has 198 valence electrons. The van der Waals surface area contributed by atoms with Crippen molar-refractivity contribution in [3.63, 3.8) is 0 Å². The summed E-state index contributed by atoms with van der Waals surface area (Å²) < 4.78 is 11.4. The fourth-order valence-electron chi connectivity index (χ4n) is 6.54. The van der Waals surface area contributed by atoms with Gasteiger partial charge in [0, 0.05) is 44.5 Å². The Labute approximate surface area is 222 Å². The predicted octanol–water partition coefficient (Wildman–Crippen LogP) is 5.67. The van der Waals surface area contributed by atoms with Gasteiger partial charge < -0.3 is 14.4 Å². The number of fused-ring (bicyclic) bond motifs is 1. The smallest absolute Gasteiger partial charge is 0.253 e. The molecule has 3 fully saturated rings. The second-order valence-electron chi connectivity index (χ2n) is 11.8. The molecule has 2 saturated heterocycles. The standard InChI is InChI=1S/C32H42N2O3/c1-33(32(35)25-9-12-30(13-10-25)37-22-24-4-5-24)29-11-8-26-19-28(7-6-27(26)20-29)31-3-2-16-34(31)21-23-14-17-36-18-15-23/h6-7,9-10,12-13,19,23-24,29,31H,2-5,8,11,14-18,20-22H2,1H3. The molecule has 5 heteroatoms. The zero-order valence-corrected chi connectivity index (χ0v) is 22.4. The van der Waals surface area contributed by atoms with Crippen LogP contribution in [-0.2, 0) is 17.6 Å². The average Bonchev–Trinajstić information content (AvgIpc) is 3.67. The van der Waals surface area contributed by atoms with Gasteiger partial charge in [-0.05, 0) is 117 Å². The van der Waals surface area contributed by atoms with E-state index in [1.165, 1.54) is 68.3 Å². The van der Waals surface area contributed by atoms with E-state index in [0.717, 1.165) is 62.2 Å². The van der Waals surface area contributed by atoms with Crippen molar-refractivity contribution in [2.75, 3.05) is 40.0 Å².